The number of nitrogens with zero attached hydrogens (tertiary/aromatic N) is 1. The number of aromatic nitrogens is 1. The van der Waals surface area contributed by atoms with Crippen molar-refractivity contribution < 1.29 is 9.53 Å². The smallest absolute Gasteiger partial charge is 0.150 e. The van der Waals surface area contributed by atoms with Crippen molar-refractivity contribution in [3.8, 4) is 5.75 Å². The second kappa shape index (κ2) is 6.71. The van der Waals surface area contributed by atoms with Crippen molar-refractivity contribution in [2.45, 2.75) is 0 Å². The van der Waals surface area contributed by atoms with Gasteiger partial charge in [0.25, 0.3) is 0 Å². The Morgan fingerprint density at radius 1 is 1.11 bits per heavy atom. The first kappa shape index (κ1) is 13.3. The third-order valence-corrected chi connectivity index (χ3v) is 2.65. The number of carbonyl (C=O) groups is 1. The molecule has 0 aliphatic carbocycles. The van der Waals surface area contributed by atoms with E-state index in [2.05, 4.69) is 4.98 Å². The molecule has 3 nitrogen and oxygen atoms in total. The Morgan fingerprint density at radius 3 is 2.47 bits per heavy atom. The minimum absolute atomic E-state index is 0.443. The highest BCUT2D eigenvalue weighted by molar-refractivity contribution is 6.29. The fraction of sp³-hybridized carbons (Fsp3) is 0.0667. The number of carbonyl (C=O) groups excluding carboxylic acids is 1. The van der Waals surface area contributed by atoms with Gasteiger partial charge >= 0.3 is 0 Å². The van der Waals surface area contributed by atoms with E-state index in [1.165, 1.54) is 0 Å². The zero-order valence-electron chi connectivity index (χ0n) is 10.1. The molecule has 0 spiro atoms. The Hall–Kier alpha value is -2.13. The first-order valence-electron chi connectivity index (χ1n) is 5.74. The summed E-state index contributed by atoms with van der Waals surface area (Å²) in [6.45, 7) is 0.443. The third kappa shape index (κ3) is 4.23. The number of pyridine rings is 1. The lowest BCUT2D eigenvalue weighted by Gasteiger charge is -2.01. The number of rotatable bonds is 5. The molecule has 2 rings (SSSR count). The average molecular weight is 274 g/mol. The summed E-state index contributed by atoms with van der Waals surface area (Å²) in [6, 6.07) is 10.8. The maximum Gasteiger partial charge on any atom is 0.150 e. The molecule has 0 radical (unpaired) electrons. The molecule has 0 N–H and O–H groups in total. The maximum atomic E-state index is 10.5. The molecule has 0 atom stereocenters. The Kier molecular flexibility index (Phi) is 4.70. The molecule has 4 heteroatoms. The summed E-state index contributed by atoms with van der Waals surface area (Å²) in [6.07, 6.45) is 6.22. The van der Waals surface area contributed by atoms with Crippen LogP contribution < -0.4 is 4.74 Å². The molecule has 0 saturated heterocycles. The fourth-order valence-electron chi connectivity index (χ4n) is 1.46. The summed E-state index contributed by atoms with van der Waals surface area (Å²) >= 11 is 5.67. The van der Waals surface area contributed by atoms with Gasteiger partial charge in [0.2, 0.25) is 0 Å². The van der Waals surface area contributed by atoms with E-state index in [-0.39, 0.29) is 0 Å². The Balaban J connectivity index is 1.85. The first-order chi connectivity index (χ1) is 9.28. The van der Waals surface area contributed by atoms with Gasteiger partial charge in [-0.2, -0.15) is 0 Å². The van der Waals surface area contributed by atoms with E-state index in [4.69, 9.17) is 16.3 Å². The van der Waals surface area contributed by atoms with Crippen LogP contribution in [0.3, 0.4) is 0 Å². The zero-order chi connectivity index (χ0) is 13.5. The van der Waals surface area contributed by atoms with Crippen LogP contribution >= 0.6 is 11.6 Å². The highest BCUT2D eigenvalue weighted by Gasteiger charge is 1.93. The van der Waals surface area contributed by atoms with E-state index >= 15 is 0 Å². The summed E-state index contributed by atoms with van der Waals surface area (Å²) in [5, 5.41) is 0.443. The second-order valence-corrected chi connectivity index (χ2v) is 4.20. The minimum Gasteiger partial charge on any atom is -0.488 e. The predicted octanol–water partition coefficient (Wildman–Crippen LogP) is 3.64. The van der Waals surface area contributed by atoms with Crippen molar-refractivity contribution in [1.82, 2.24) is 4.98 Å². The van der Waals surface area contributed by atoms with E-state index in [1.54, 1.807) is 30.5 Å². The van der Waals surface area contributed by atoms with Crippen molar-refractivity contribution in [3.05, 3.63) is 65.0 Å². The van der Waals surface area contributed by atoms with Crippen molar-refractivity contribution in [2.75, 3.05) is 6.61 Å². The maximum absolute atomic E-state index is 10.5. The van der Waals surface area contributed by atoms with Crippen molar-refractivity contribution in [3.63, 3.8) is 0 Å². The molecule has 2 aromatic rings. The van der Waals surface area contributed by atoms with Gasteiger partial charge in [-0.05, 0) is 23.8 Å². The van der Waals surface area contributed by atoms with Gasteiger partial charge in [-0.15, -0.1) is 0 Å². The zero-order valence-corrected chi connectivity index (χ0v) is 10.9. The van der Waals surface area contributed by atoms with Gasteiger partial charge in [0, 0.05) is 5.56 Å². The molecule has 0 bridgehead atoms. The van der Waals surface area contributed by atoms with Gasteiger partial charge in [0.15, 0.2) is 0 Å². The van der Waals surface area contributed by atoms with Gasteiger partial charge < -0.3 is 4.74 Å². The second-order valence-electron chi connectivity index (χ2n) is 3.81. The van der Waals surface area contributed by atoms with Gasteiger partial charge in [-0.25, -0.2) is 4.98 Å². The van der Waals surface area contributed by atoms with Gasteiger partial charge in [-0.3, -0.25) is 4.79 Å². The normalized spacial score (nSPS) is 10.6. The molecule has 1 heterocycles. The van der Waals surface area contributed by atoms with Crippen molar-refractivity contribution in [2.24, 2.45) is 0 Å². The molecule has 96 valence electrons. The highest BCUT2D eigenvalue weighted by Crippen LogP contribution is 2.12. The topological polar surface area (TPSA) is 39.2 Å². The van der Waals surface area contributed by atoms with Crippen LogP contribution in [0.25, 0.3) is 6.08 Å². The van der Waals surface area contributed by atoms with E-state index < -0.39 is 0 Å². The molecule has 1 aromatic carbocycles. The largest absolute Gasteiger partial charge is 0.488 e. The first-order valence-corrected chi connectivity index (χ1v) is 6.12. The van der Waals surface area contributed by atoms with Crippen LogP contribution in [0.5, 0.6) is 5.75 Å². The lowest BCUT2D eigenvalue weighted by molar-refractivity contribution is 0.112. The number of benzene rings is 1. The lowest BCUT2D eigenvalue weighted by Crippen LogP contribution is -1.93. The number of ether oxygens (including phenoxy) is 1. The van der Waals surface area contributed by atoms with E-state index in [0.29, 0.717) is 23.1 Å². The van der Waals surface area contributed by atoms with Gasteiger partial charge in [0.1, 0.15) is 23.8 Å². The van der Waals surface area contributed by atoms with Crippen molar-refractivity contribution >= 4 is 24.0 Å². The van der Waals surface area contributed by atoms with E-state index in [1.807, 2.05) is 24.3 Å². The average Bonchev–Trinajstić information content (AvgIpc) is 2.46. The number of halogens is 1. The van der Waals surface area contributed by atoms with Crippen LogP contribution in [0.1, 0.15) is 15.9 Å². The van der Waals surface area contributed by atoms with Crippen LogP contribution in [0, 0.1) is 0 Å². The summed E-state index contributed by atoms with van der Waals surface area (Å²) in [4.78, 5) is 14.4. The van der Waals surface area contributed by atoms with Crippen LogP contribution in [-0.4, -0.2) is 17.9 Å². The van der Waals surface area contributed by atoms with Crippen molar-refractivity contribution in [1.29, 1.82) is 0 Å². The highest BCUT2D eigenvalue weighted by atomic mass is 35.5. The molecule has 0 amide bonds. The molecule has 0 aliphatic heterocycles. The third-order valence-electron chi connectivity index (χ3n) is 2.43. The van der Waals surface area contributed by atoms with E-state index in [9.17, 15) is 4.79 Å². The Bertz CT molecular complexity index is 562. The quantitative estimate of drug-likeness (QED) is 0.617. The number of hydrogen-bond donors (Lipinski definition) is 0. The van der Waals surface area contributed by atoms with E-state index in [0.717, 1.165) is 11.8 Å². The molecule has 0 saturated carbocycles. The van der Waals surface area contributed by atoms with Crippen LogP contribution in [0.4, 0.5) is 0 Å². The molecule has 19 heavy (non-hydrogen) atoms. The summed E-state index contributed by atoms with van der Waals surface area (Å²) in [5.74, 6) is 0.672. The summed E-state index contributed by atoms with van der Waals surface area (Å²) in [7, 11) is 0. The van der Waals surface area contributed by atoms with Gasteiger partial charge in [0.05, 0.1) is 6.20 Å². The Labute approximate surface area is 116 Å². The number of hydrogen-bond acceptors (Lipinski definition) is 3. The molecule has 0 fully saturated rings. The van der Waals surface area contributed by atoms with Crippen LogP contribution in [0.15, 0.2) is 48.7 Å². The molecule has 0 unspecified atom stereocenters. The fourth-order valence-corrected chi connectivity index (χ4v) is 1.57. The monoisotopic (exact) mass is 273 g/mol. The summed E-state index contributed by atoms with van der Waals surface area (Å²) in [5.41, 5.74) is 1.68. The summed E-state index contributed by atoms with van der Waals surface area (Å²) < 4.78 is 5.46. The molecule has 1 aromatic heterocycles. The molecular weight excluding hydrogens is 262 g/mol. The Morgan fingerprint density at radius 2 is 1.84 bits per heavy atom. The standard InChI is InChI=1S/C15H12ClNO2/c16-15-8-7-14(10-17-15)19-9-1-2-12-3-5-13(11-18)6-4-12/h1-8,10-11H,9H2/b2-1+. The van der Waals surface area contributed by atoms with Crippen LogP contribution in [0.2, 0.25) is 5.15 Å². The lowest BCUT2D eigenvalue weighted by atomic mass is 10.1. The molecule has 0 aliphatic rings. The predicted molar refractivity (Wildman–Crippen MR) is 75.6 cm³/mol. The SMILES string of the molecule is O=Cc1ccc(/C=C/COc2ccc(Cl)nc2)cc1. The minimum atomic E-state index is 0.443. The van der Waals surface area contributed by atoms with Crippen LogP contribution in [-0.2, 0) is 0 Å². The van der Waals surface area contributed by atoms with Gasteiger partial charge in [-0.1, -0.05) is 41.9 Å². The number of aldehydes is 1. The molecular formula is C15H12ClNO2.